The van der Waals surface area contributed by atoms with E-state index >= 15 is 0 Å². The molecule has 1 aliphatic carbocycles. The fourth-order valence-electron chi connectivity index (χ4n) is 1.90. The van der Waals surface area contributed by atoms with Crippen LogP contribution in [0.1, 0.15) is 25.7 Å². The van der Waals surface area contributed by atoms with Gasteiger partial charge in [-0.3, -0.25) is 9.79 Å². The van der Waals surface area contributed by atoms with E-state index in [9.17, 15) is 4.79 Å². The zero-order valence-electron chi connectivity index (χ0n) is 6.42. The maximum absolute atomic E-state index is 11.2. The highest BCUT2D eigenvalue weighted by atomic mass is 16.2. The van der Waals surface area contributed by atoms with Crippen LogP contribution in [0.5, 0.6) is 0 Å². The van der Waals surface area contributed by atoms with Crippen LogP contribution in [0.25, 0.3) is 0 Å². The highest BCUT2D eigenvalue weighted by molar-refractivity contribution is 5.91. The van der Waals surface area contributed by atoms with Gasteiger partial charge >= 0.3 is 0 Å². The number of carbonyl (C=O) groups excluding carboxylic acids is 1. The van der Waals surface area contributed by atoms with Gasteiger partial charge in [0.15, 0.2) is 0 Å². The summed E-state index contributed by atoms with van der Waals surface area (Å²) >= 11 is 0. The topological polar surface area (TPSA) is 41.5 Å². The smallest absolute Gasteiger partial charge is 0.230 e. The molecule has 2 rings (SSSR count). The number of carbonyl (C=O) groups is 1. The molecule has 1 fully saturated rings. The van der Waals surface area contributed by atoms with E-state index in [2.05, 4.69) is 10.3 Å². The van der Waals surface area contributed by atoms with Crippen LogP contribution in [0.3, 0.4) is 0 Å². The predicted molar refractivity (Wildman–Crippen MR) is 42.4 cm³/mol. The van der Waals surface area contributed by atoms with Crippen molar-refractivity contribution in [3.63, 3.8) is 0 Å². The first kappa shape index (κ1) is 6.83. The Hall–Kier alpha value is -0.860. The van der Waals surface area contributed by atoms with Gasteiger partial charge in [-0.05, 0) is 12.8 Å². The second kappa shape index (κ2) is 2.64. The van der Waals surface area contributed by atoms with Crippen LogP contribution in [0.15, 0.2) is 4.99 Å². The summed E-state index contributed by atoms with van der Waals surface area (Å²) in [4.78, 5) is 15.5. The molecule has 0 spiro atoms. The molecule has 3 heteroatoms. The van der Waals surface area contributed by atoms with Crippen LogP contribution < -0.4 is 5.32 Å². The monoisotopic (exact) mass is 152 g/mol. The maximum atomic E-state index is 11.2. The van der Waals surface area contributed by atoms with E-state index in [1.807, 2.05) is 0 Å². The molecule has 0 aromatic carbocycles. The minimum Gasteiger partial charge on any atom is -0.317 e. The van der Waals surface area contributed by atoms with E-state index in [4.69, 9.17) is 0 Å². The van der Waals surface area contributed by atoms with Gasteiger partial charge in [0.25, 0.3) is 0 Å². The summed E-state index contributed by atoms with van der Waals surface area (Å²) in [7, 11) is 0. The fraction of sp³-hybridized carbons (Fsp3) is 0.750. The van der Waals surface area contributed by atoms with Gasteiger partial charge in [0.05, 0.1) is 18.3 Å². The second-order valence-electron chi connectivity index (χ2n) is 3.25. The zero-order valence-corrected chi connectivity index (χ0v) is 6.42. The van der Waals surface area contributed by atoms with Crippen LogP contribution in [-0.2, 0) is 4.79 Å². The van der Waals surface area contributed by atoms with Crippen LogP contribution in [0.4, 0.5) is 0 Å². The Morgan fingerprint density at radius 1 is 1.45 bits per heavy atom. The summed E-state index contributed by atoms with van der Waals surface area (Å²) in [6.45, 7) is 0. The van der Waals surface area contributed by atoms with Gasteiger partial charge in [-0.1, -0.05) is 12.8 Å². The van der Waals surface area contributed by atoms with Crippen molar-refractivity contribution in [1.29, 1.82) is 0 Å². The van der Waals surface area contributed by atoms with Crippen molar-refractivity contribution in [3.8, 4) is 0 Å². The number of aliphatic imine (C=N–C) groups is 1. The standard InChI is InChI=1S/C8H12N2O/c11-8-6-3-1-2-4-7(6)9-5-10-8/h5-7H,1-4H2,(H,9,10,11). The number of hydrogen-bond acceptors (Lipinski definition) is 2. The van der Waals surface area contributed by atoms with E-state index in [1.165, 1.54) is 12.8 Å². The van der Waals surface area contributed by atoms with Gasteiger partial charge in [0, 0.05) is 0 Å². The first-order valence-electron chi connectivity index (χ1n) is 4.20. The molecule has 3 nitrogen and oxygen atoms in total. The highest BCUT2D eigenvalue weighted by Gasteiger charge is 2.31. The van der Waals surface area contributed by atoms with Gasteiger partial charge in [0.1, 0.15) is 0 Å². The molecule has 0 saturated heterocycles. The Morgan fingerprint density at radius 2 is 2.27 bits per heavy atom. The fourth-order valence-corrected chi connectivity index (χ4v) is 1.90. The number of nitrogens with one attached hydrogen (secondary N) is 1. The lowest BCUT2D eigenvalue weighted by Gasteiger charge is -2.29. The lowest BCUT2D eigenvalue weighted by molar-refractivity contribution is -0.125. The molecule has 1 N–H and O–H groups in total. The van der Waals surface area contributed by atoms with Crippen molar-refractivity contribution in [1.82, 2.24) is 5.32 Å². The van der Waals surface area contributed by atoms with E-state index in [0.29, 0.717) is 0 Å². The van der Waals surface area contributed by atoms with Crippen molar-refractivity contribution in [2.24, 2.45) is 10.9 Å². The summed E-state index contributed by atoms with van der Waals surface area (Å²) in [5, 5.41) is 2.65. The highest BCUT2D eigenvalue weighted by Crippen LogP contribution is 2.27. The number of hydrogen-bond donors (Lipinski definition) is 1. The molecule has 0 radical (unpaired) electrons. The van der Waals surface area contributed by atoms with Crippen LogP contribution in [0.2, 0.25) is 0 Å². The average molecular weight is 152 g/mol. The SMILES string of the molecule is O=C1NC=NC2CCCCC12. The van der Waals surface area contributed by atoms with E-state index in [1.54, 1.807) is 6.34 Å². The predicted octanol–water partition coefficient (Wildman–Crippen LogP) is 0.703. The van der Waals surface area contributed by atoms with Crippen molar-refractivity contribution < 1.29 is 4.79 Å². The lowest BCUT2D eigenvalue weighted by Crippen LogP contribution is -2.42. The first-order valence-corrected chi connectivity index (χ1v) is 4.20. The second-order valence-corrected chi connectivity index (χ2v) is 3.25. The molecular weight excluding hydrogens is 140 g/mol. The molecule has 0 bridgehead atoms. The summed E-state index contributed by atoms with van der Waals surface area (Å²) < 4.78 is 0. The molecule has 1 aliphatic heterocycles. The normalized spacial score (nSPS) is 36.2. The molecule has 1 amide bonds. The minimum atomic E-state index is 0.171. The largest absolute Gasteiger partial charge is 0.317 e. The third-order valence-electron chi connectivity index (χ3n) is 2.54. The van der Waals surface area contributed by atoms with Gasteiger partial charge in [-0.15, -0.1) is 0 Å². The van der Waals surface area contributed by atoms with Crippen molar-refractivity contribution >= 4 is 12.2 Å². The van der Waals surface area contributed by atoms with Gasteiger partial charge in [0.2, 0.25) is 5.91 Å². The third-order valence-corrected chi connectivity index (χ3v) is 2.54. The Balaban J connectivity index is 2.15. The van der Waals surface area contributed by atoms with E-state index < -0.39 is 0 Å². The molecule has 0 aromatic heterocycles. The Morgan fingerprint density at radius 3 is 3.09 bits per heavy atom. The van der Waals surface area contributed by atoms with E-state index in [-0.39, 0.29) is 17.9 Å². The molecule has 1 heterocycles. The van der Waals surface area contributed by atoms with Gasteiger partial charge < -0.3 is 5.32 Å². The molecule has 2 atom stereocenters. The Kier molecular flexibility index (Phi) is 1.64. The van der Waals surface area contributed by atoms with Crippen LogP contribution in [-0.4, -0.2) is 18.3 Å². The quantitative estimate of drug-likeness (QED) is 0.545. The van der Waals surface area contributed by atoms with Crippen LogP contribution >= 0.6 is 0 Å². The molecule has 2 unspecified atom stereocenters. The molecule has 11 heavy (non-hydrogen) atoms. The summed E-state index contributed by atoms with van der Waals surface area (Å²) in [6, 6.07) is 0.289. The average Bonchev–Trinajstić information content (AvgIpc) is 2.06. The van der Waals surface area contributed by atoms with Gasteiger partial charge in [-0.25, -0.2) is 0 Å². The van der Waals surface area contributed by atoms with E-state index in [0.717, 1.165) is 12.8 Å². The Bertz CT molecular complexity index is 200. The molecule has 1 saturated carbocycles. The number of fused-ring (bicyclic) bond motifs is 1. The van der Waals surface area contributed by atoms with Crippen molar-refractivity contribution in [2.45, 2.75) is 31.7 Å². The number of rotatable bonds is 0. The molecule has 60 valence electrons. The summed E-state index contributed by atoms with van der Waals surface area (Å²) in [5.74, 6) is 0.346. The molecular formula is C8H12N2O. The summed E-state index contributed by atoms with van der Waals surface area (Å²) in [6.07, 6.45) is 6.08. The lowest BCUT2D eigenvalue weighted by atomic mass is 9.84. The third kappa shape index (κ3) is 1.15. The minimum absolute atomic E-state index is 0.171. The van der Waals surface area contributed by atoms with Gasteiger partial charge in [-0.2, -0.15) is 0 Å². The first-order chi connectivity index (χ1) is 5.38. The molecule has 0 aromatic rings. The number of amides is 1. The molecule has 2 aliphatic rings. The van der Waals surface area contributed by atoms with Crippen LogP contribution in [0, 0.1) is 5.92 Å². The summed E-state index contributed by atoms with van der Waals surface area (Å²) in [5.41, 5.74) is 0. The van der Waals surface area contributed by atoms with Crippen molar-refractivity contribution in [3.05, 3.63) is 0 Å². The maximum Gasteiger partial charge on any atom is 0.230 e. The number of nitrogens with zero attached hydrogens (tertiary/aromatic N) is 1. The zero-order chi connectivity index (χ0) is 7.68. The van der Waals surface area contributed by atoms with Crippen molar-refractivity contribution in [2.75, 3.05) is 0 Å². The Labute approximate surface area is 65.9 Å².